The van der Waals surface area contributed by atoms with Gasteiger partial charge in [-0.1, -0.05) is 51.1 Å². The van der Waals surface area contributed by atoms with E-state index in [1.807, 2.05) is 36.9 Å². The first kappa shape index (κ1) is 22.5. The lowest BCUT2D eigenvalue weighted by Crippen LogP contribution is -2.55. The molecule has 0 aromatic heterocycles. The van der Waals surface area contributed by atoms with Crippen LogP contribution in [-0.4, -0.2) is 49.8 Å². The summed E-state index contributed by atoms with van der Waals surface area (Å²) in [7, 11) is -2.07. The van der Waals surface area contributed by atoms with Gasteiger partial charge in [-0.2, -0.15) is 0 Å². The number of carbonyl (C=O) groups is 1. The first-order valence-corrected chi connectivity index (χ1v) is 13.6. The highest BCUT2D eigenvalue weighted by atomic mass is 28.4. The highest BCUT2D eigenvalue weighted by Crippen LogP contribution is 2.41. The molecule has 3 atom stereocenters. The van der Waals surface area contributed by atoms with E-state index in [1.165, 1.54) is 0 Å². The zero-order valence-corrected chi connectivity index (χ0v) is 20.0. The fourth-order valence-electron chi connectivity index (χ4n) is 3.88. The minimum absolute atomic E-state index is 0.000619. The molecule has 2 aliphatic heterocycles. The van der Waals surface area contributed by atoms with Crippen molar-refractivity contribution in [2.45, 2.75) is 96.2 Å². The van der Waals surface area contributed by atoms with Gasteiger partial charge in [-0.25, -0.2) is 0 Å². The summed E-state index contributed by atoms with van der Waals surface area (Å²) in [6, 6.07) is 10.2. The van der Waals surface area contributed by atoms with Crippen LogP contribution < -0.4 is 0 Å². The number of likely N-dealkylation sites (tertiary alicyclic amines) is 1. The standard InChI is InChI=1S/C23H37NO4Si/c1-22(2,3)29(6,7)28-21(19-16-26-23(4,5)27-19)18-13-14-20(25)24(18)15-17-11-9-8-10-12-17/h8-12,18-19,21H,13-16H2,1-7H3/t18-,19-,21+/m1/s1. The maximum atomic E-state index is 12.8. The smallest absolute Gasteiger partial charge is 0.223 e. The summed E-state index contributed by atoms with van der Waals surface area (Å²) in [5.41, 5.74) is 1.14. The quantitative estimate of drug-likeness (QED) is 0.626. The number of amides is 1. The van der Waals surface area contributed by atoms with Crippen LogP contribution >= 0.6 is 0 Å². The second-order valence-electron chi connectivity index (χ2n) is 10.3. The Hall–Kier alpha value is -1.21. The molecule has 0 N–H and O–H groups in total. The van der Waals surface area contributed by atoms with Crippen LogP contribution in [0.1, 0.15) is 53.0 Å². The number of carbonyl (C=O) groups excluding carboxylic acids is 1. The first-order chi connectivity index (χ1) is 13.4. The fraction of sp³-hybridized carbons (Fsp3) is 0.696. The molecule has 2 fully saturated rings. The van der Waals surface area contributed by atoms with Crippen molar-refractivity contribution in [3.8, 4) is 0 Å². The summed E-state index contributed by atoms with van der Waals surface area (Å²) in [4.78, 5) is 14.8. The van der Waals surface area contributed by atoms with Crippen molar-refractivity contribution in [1.82, 2.24) is 4.90 Å². The number of nitrogens with zero attached hydrogens (tertiary/aromatic N) is 1. The largest absolute Gasteiger partial charge is 0.409 e. The Morgan fingerprint density at radius 3 is 2.45 bits per heavy atom. The zero-order chi connectivity index (χ0) is 21.4. The zero-order valence-electron chi connectivity index (χ0n) is 19.0. The molecule has 0 bridgehead atoms. The van der Waals surface area contributed by atoms with Gasteiger partial charge >= 0.3 is 0 Å². The number of rotatable bonds is 6. The Balaban J connectivity index is 1.88. The third-order valence-corrected chi connectivity index (χ3v) is 11.1. The van der Waals surface area contributed by atoms with Crippen LogP contribution in [0.5, 0.6) is 0 Å². The lowest BCUT2D eigenvalue weighted by molar-refractivity contribution is -0.155. The molecule has 29 heavy (non-hydrogen) atoms. The van der Waals surface area contributed by atoms with Gasteiger partial charge in [0.25, 0.3) is 0 Å². The van der Waals surface area contributed by atoms with Gasteiger partial charge in [0.15, 0.2) is 14.1 Å². The van der Waals surface area contributed by atoms with E-state index in [0.29, 0.717) is 19.6 Å². The molecule has 2 aliphatic rings. The number of ether oxygens (including phenoxy) is 2. The van der Waals surface area contributed by atoms with Crippen LogP contribution in [0.4, 0.5) is 0 Å². The average Bonchev–Trinajstić information content (AvgIpc) is 3.16. The molecule has 162 valence electrons. The Bertz CT molecular complexity index is 713. The molecular weight excluding hydrogens is 382 g/mol. The molecule has 2 saturated heterocycles. The van der Waals surface area contributed by atoms with Crippen LogP contribution in [0.15, 0.2) is 30.3 Å². The highest BCUT2D eigenvalue weighted by Gasteiger charge is 2.50. The topological polar surface area (TPSA) is 48.0 Å². The summed E-state index contributed by atoms with van der Waals surface area (Å²) in [5, 5.41) is 0.0765. The van der Waals surface area contributed by atoms with Crippen molar-refractivity contribution < 1.29 is 18.7 Å². The van der Waals surface area contributed by atoms with E-state index in [1.54, 1.807) is 0 Å². The molecule has 1 aromatic carbocycles. The third kappa shape index (κ3) is 5.10. The van der Waals surface area contributed by atoms with Crippen molar-refractivity contribution in [2.75, 3.05) is 6.61 Å². The summed E-state index contributed by atoms with van der Waals surface area (Å²) in [6.07, 6.45) is 0.998. The SMILES string of the molecule is CC1(C)OC[C@H]([C@@H](O[Si](C)(C)C(C)(C)C)[C@H]2CCC(=O)N2Cc2ccccc2)O1. The van der Waals surface area contributed by atoms with Crippen molar-refractivity contribution in [1.29, 1.82) is 0 Å². The molecule has 0 saturated carbocycles. The normalized spacial score (nSPS) is 26.2. The second kappa shape index (κ2) is 8.14. The molecule has 0 radical (unpaired) electrons. The summed E-state index contributed by atoms with van der Waals surface area (Å²) < 4.78 is 19.1. The summed E-state index contributed by atoms with van der Waals surface area (Å²) in [5.74, 6) is -0.423. The van der Waals surface area contributed by atoms with Gasteiger partial charge < -0.3 is 18.8 Å². The van der Waals surface area contributed by atoms with E-state index < -0.39 is 14.1 Å². The van der Waals surface area contributed by atoms with E-state index in [0.717, 1.165) is 12.0 Å². The third-order valence-electron chi connectivity index (χ3n) is 6.58. The van der Waals surface area contributed by atoms with Gasteiger partial charge in [-0.15, -0.1) is 0 Å². The van der Waals surface area contributed by atoms with Crippen LogP contribution in [-0.2, 0) is 25.2 Å². The Kier molecular flexibility index (Phi) is 6.31. The molecule has 1 amide bonds. The van der Waals surface area contributed by atoms with Gasteiger partial charge in [0, 0.05) is 13.0 Å². The lowest BCUT2D eigenvalue weighted by Gasteiger charge is -2.44. The van der Waals surface area contributed by atoms with Crippen LogP contribution in [0, 0.1) is 0 Å². The van der Waals surface area contributed by atoms with Gasteiger partial charge in [0.1, 0.15) is 6.10 Å². The van der Waals surface area contributed by atoms with Crippen LogP contribution in [0.2, 0.25) is 18.1 Å². The van der Waals surface area contributed by atoms with Gasteiger partial charge in [-0.3, -0.25) is 4.79 Å². The molecule has 3 rings (SSSR count). The average molecular weight is 420 g/mol. The molecular formula is C23H37NO4Si. The predicted octanol–water partition coefficient (Wildman–Crippen LogP) is 4.72. The minimum atomic E-state index is -2.07. The molecule has 0 unspecified atom stereocenters. The molecule has 2 heterocycles. The first-order valence-electron chi connectivity index (χ1n) is 10.7. The second-order valence-corrected chi connectivity index (χ2v) is 15.1. The lowest BCUT2D eigenvalue weighted by atomic mass is 10.0. The molecule has 6 heteroatoms. The number of hydrogen-bond donors (Lipinski definition) is 0. The predicted molar refractivity (Wildman–Crippen MR) is 117 cm³/mol. The van der Waals surface area contributed by atoms with Crippen molar-refractivity contribution >= 4 is 14.2 Å². The van der Waals surface area contributed by atoms with Gasteiger partial charge in [-0.05, 0) is 44.0 Å². The maximum absolute atomic E-state index is 12.8. The number of hydrogen-bond acceptors (Lipinski definition) is 4. The molecule has 0 aliphatic carbocycles. The molecule has 0 spiro atoms. The highest BCUT2D eigenvalue weighted by molar-refractivity contribution is 6.74. The molecule has 5 nitrogen and oxygen atoms in total. The van der Waals surface area contributed by atoms with Crippen molar-refractivity contribution in [2.24, 2.45) is 0 Å². The maximum Gasteiger partial charge on any atom is 0.223 e. The van der Waals surface area contributed by atoms with Crippen LogP contribution in [0.3, 0.4) is 0 Å². The van der Waals surface area contributed by atoms with E-state index in [9.17, 15) is 4.79 Å². The van der Waals surface area contributed by atoms with Gasteiger partial charge in [0.2, 0.25) is 5.91 Å². The van der Waals surface area contributed by atoms with Crippen molar-refractivity contribution in [3.05, 3.63) is 35.9 Å². The molecule has 1 aromatic rings. The van der Waals surface area contributed by atoms with E-state index >= 15 is 0 Å². The van der Waals surface area contributed by atoms with E-state index in [4.69, 9.17) is 13.9 Å². The summed E-state index contributed by atoms with van der Waals surface area (Å²) >= 11 is 0. The summed E-state index contributed by atoms with van der Waals surface area (Å²) in [6.45, 7) is 16.2. The number of benzene rings is 1. The van der Waals surface area contributed by atoms with Gasteiger partial charge in [0.05, 0.1) is 18.8 Å². The van der Waals surface area contributed by atoms with Crippen LogP contribution in [0.25, 0.3) is 0 Å². The van der Waals surface area contributed by atoms with E-state index in [2.05, 4.69) is 46.0 Å². The van der Waals surface area contributed by atoms with E-state index in [-0.39, 0.29) is 29.2 Å². The Morgan fingerprint density at radius 1 is 1.24 bits per heavy atom. The Labute approximate surface area is 176 Å². The Morgan fingerprint density at radius 2 is 1.90 bits per heavy atom. The monoisotopic (exact) mass is 419 g/mol. The minimum Gasteiger partial charge on any atom is -0.409 e. The van der Waals surface area contributed by atoms with Crippen molar-refractivity contribution in [3.63, 3.8) is 0 Å². The fourth-order valence-corrected chi connectivity index (χ4v) is 5.22.